The number of amides is 1. The Bertz CT molecular complexity index is 2240. The molecule has 5 atom stereocenters. The van der Waals surface area contributed by atoms with Crippen LogP contribution < -0.4 is 24.8 Å². The average Bonchev–Trinajstić information content (AvgIpc) is 3.59. The van der Waals surface area contributed by atoms with Crippen LogP contribution in [0.3, 0.4) is 0 Å². The van der Waals surface area contributed by atoms with Crippen LogP contribution in [0.5, 0.6) is 17.5 Å². The summed E-state index contributed by atoms with van der Waals surface area (Å²) in [6.45, 7) is 3.50. The minimum Gasteiger partial charge on any atom is -0.496 e. The Hall–Kier alpha value is -4.85. The van der Waals surface area contributed by atoms with E-state index in [4.69, 9.17) is 25.8 Å². The number of benzene rings is 3. The van der Waals surface area contributed by atoms with E-state index >= 15 is 0 Å². The first kappa shape index (κ1) is 39.0. The Balaban J connectivity index is 1.04. The molecule has 3 aromatic carbocycles. The van der Waals surface area contributed by atoms with Crippen LogP contribution in [-0.4, -0.2) is 65.8 Å². The summed E-state index contributed by atoms with van der Waals surface area (Å²) in [7, 11) is 2.95. The van der Waals surface area contributed by atoms with Crippen molar-refractivity contribution in [1.29, 1.82) is 0 Å². The van der Waals surface area contributed by atoms with Gasteiger partial charge in [0.1, 0.15) is 23.0 Å². The molecule has 8 rings (SSSR count). The number of nitrogens with one attached hydrogen (secondary N) is 2. The lowest BCUT2D eigenvalue weighted by atomic mass is 9.93. The van der Waals surface area contributed by atoms with Crippen molar-refractivity contribution in [1.82, 2.24) is 20.5 Å². The molecule has 2 aliphatic heterocycles. The highest BCUT2D eigenvalue weighted by molar-refractivity contribution is 6.36. The van der Waals surface area contributed by atoms with Crippen molar-refractivity contribution >= 4 is 23.5 Å². The number of fused-ring (bicyclic) bond motifs is 2. The lowest BCUT2D eigenvalue weighted by Gasteiger charge is -2.27. The third-order valence-electron chi connectivity index (χ3n) is 12.4. The predicted molar refractivity (Wildman–Crippen MR) is 207 cm³/mol. The number of likely N-dealkylation sites (tertiary alicyclic amines) is 1. The molecule has 3 heterocycles. The maximum Gasteiger partial charge on any atom is 0.421 e. The van der Waals surface area contributed by atoms with Gasteiger partial charge in [0.2, 0.25) is 17.7 Å². The van der Waals surface area contributed by atoms with Gasteiger partial charge in [-0.05, 0) is 78.5 Å². The van der Waals surface area contributed by atoms with E-state index in [1.807, 2.05) is 61.5 Å². The van der Waals surface area contributed by atoms with E-state index in [1.165, 1.54) is 7.11 Å². The summed E-state index contributed by atoms with van der Waals surface area (Å²) in [6.07, 6.45) is -2.53. The molecule has 0 spiro atoms. The number of methoxy groups -OCH3 is 2. The van der Waals surface area contributed by atoms with Gasteiger partial charge < -0.3 is 30.0 Å². The van der Waals surface area contributed by atoms with Gasteiger partial charge in [0.25, 0.3) is 0 Å². The molecule has 0 bridgehead atoms. The second-order valence-corrected chi connectivity index (χ2v) is 15.8. The van der Waals surface area contributed by atoms with Gasteiger partial charge in [-0.2, -0.15) is 18.2 Å². The minimum atomic E-state index is -4.79. The zero-order valence-corrected chi connectivity index (χ0v) is 32.6. The number of rotatable bonds is 13. The highest BCUT2D eigenvalue weighted by atomic mass is 35.5. The molecule has 2 unspecified atom stereocenters. The maximum absolute atomic E-state index is 14.7. The molecule has 2 aliphatic carbocycles. The minimum absolute atomic E-state index is 0.0359. The van der Waals surface area contributed by atoms with Crippen molar-refractivity contribution in [2.24, 2.45) is 11.8 Å². The predicted octanol–water partition coefficient (Wildman–Crippen LogP) is 7.83. The number of piperidine rings is 1. The standard InChI is InChI=1S/C43H44ClF3N4O6/c1-23-33-16-17-51(42(23,33)41(53)54)22-26-18-34(43(45,46)47)40(50-39(26)56-3)57-35-14-13-30-29(7-5-8-31(30)35)32-9-4-6-28(38(32)44)24-10-11-25(36(19-24)55-2)20-48-21-27-12-15-37(52)49-27/h4-11,18-19,23,27,33,35,48H,12-17,20-22H2,1-3H3,(H,49,52)(H,53,54)/t23?,27-,33?,35-,42-/m0/s1. The zero-order valence-electron chi connectivity index (χ0n) is 31.8. The molecule has 300 valence electrons. The summed E-state index contributed by atoms with van der Waals surface area (Å²) in [5.41, 5.74) is 3.96. The number of halogens is 4. The number of aromatic nitrogens is 1. The lowest BCUT2D eigenvalue weighted by Crippen LogP contribution is -2.42. The third-order valence-corrected chi connectivity index (χ3v) is 12.8. The van der Waals surface area contributed by atoms with Crippen molar-refractivity contribution in [2.45, 2.75) is 76.0 Å². The molecular formula is C43H44ClF3N4O6. The van der Waals surface area contributed by atoms with Crippen molar-refractivity contribution < 1.29 is 42.1 Å². The highest BCUT2D eigenvalue weighted by Crippen LogP contribution is 2.61. The van der Waals surface area contributed by atoms with Gasteiger partial charge in [-0.3, -0.25) is 14.5 Å². The van der Waals surface area contributed by atoms with Gasteiger partial charge in [-0.25, -0.2) is 0 Å². The summed E-state index contributed by atoms with van der Waals surface area (Å²) in [6, 6.07) is 18.5. The number of hydrogen-bond acceptors (Lipinski definition) is 8. The van der Waals surface area contributed by atoms with E-state index in [0.717, 1.165) is 51.4 Å². The third kappa shape index (κ3) is 6.97. The van der Waals surface area contributed by atoms with E-state index < -0.39 is 35.2 Å². The van der Waals surface area contributed by atoms with Crippen molar-refractivity contribution in [3.8, 4) is 39.8 Å². The van der Waals surface area contributed by atoms with Crippen LogP contribution in [0.2, 0.25) is 5.02 Å². The first-order valence-electron chi connectivity index (χ1n) is 19.2. The van der Waals surface area contributed by atoms with Crippen LogP contribution in [0, 0.1) is 11.8 Å². The van der Waals surface area contributed by atoms with Crippen LogP contribution in [0.4, 0.5) is 13.2 Å². The molecule has 57 heavy (non-hydrogen) atoms. The molecule has 10 nitrogen and oxygen atoms in total. The van der Waals surface area contributed by atoms with Gasteiger partial charge in [-0.1, -0.05) is 67.1 Å². The van der Waals surface area contributed by atoms with Gasteiger partial charge in [0.05, 0.1) is 19.2 Å². The first-order chi connectivity index (χ1) is 27.3. The molecule has 4 aromatic rings. The van der Waals surface area contributed by atoms with E-state index in [2.05, 4.69) is 15.6 Å². The molecule has 1 saturated carbocycles. The smallest absolute Gasteiger partial charge is 0.421 e. The fourth-order valence-electron chi connectivity index (χ4n) is 9.47. The Morgan fingerprint density at radius 1 is 1.00 bits per heavy atom. The second-order valence-electron chi connectivity index (χ2n) is 15.4. The van der Waals surface area contributed by atoms with E-state index in [9.17, 15) is 27.9 Å². The monoisotopic (exact) mass is 804 g/mol. The molecule has 14 heteroatoms. The van der Waals surface area contributed by atoms with Crippen molar-refractivity contribution in [2.75, 3.05) is 27.3 Å². The normalized spacial score (nSPS) is 23.9. The van der Waals surface area contributed by atoms with E-state index in [0.29, 0.717) is 56.1 Å². The summed E-state index contributed by atoms with van der Waals surface area (Å²) in [5.74, 6) is -0.942. The SMILES string of the molecule is COc1cc(-c2cccc(-c3cccc4c3CC[C@@H]4Oc3nc(OC)c(CN4CCC5C(C)[C@@]54C(=O)O)cc3C(F)(F)F)c2Cl)ccc1CNC[C@@H]1CCC(=O)N1. The lowest BCUT2D eigenvalue weighted by molar-refractivity contribution is -0.146. The number of carbonyl (C=O) groups is 2. The van der Waals surface area contributed by atoms with Crippen LogP contribution in [0.1, 0.15) is 66.5 Å². The van der Waals surface area contributed by atoms with Crippen molar-refractivity contribution in [3.63, 3.8) is 0 Å². The van der Waals surface area contributed by atoms with E-state index in [1.54, 1.807) is 12.0 Å². The number of hydrogen-bond donors (Lipinski definition) is 3. The summed E-state index contributed by atoms with van der Waals surface area (Å²) in [5, 5.41) is 17.0. The topological polar surface area (TPSA) is 122 Å². The van der Waals surface area contributed by atoms with Crippen LogP contribution >= 0.6 is 11.6 Å². The fraction of sp³-hybridized carbons (Fsp3) is 0.419. The Labute approximate surface area is 333 Å². The molecule has 3 fully saturated rings. The second kappa shape index (κ2) is 15.1. The first-order valence-corrected chi connectivity index (χ1v) is 19.6. The van der Waals surface area contributed by atoms with Crippen molar-refractivity contribution in [3.05, 3.63) is 93.5 Å². The van der Waals surface area contributed by atoms with Gasteiger partial charge in [-0.15, -0.1) is 0 Å². The molecule has 3 N–H and O–H groups in total. The molecule has 1 amide bonds. The number of ether oxygens (including phenoxy) is 3. The molecule has 2 saturated heterocycles. The number of carboxylic acid groups (broad SMARTS) is 1. The quantitative estimate of drug-likeness (QED) is 0.124. The van der Waals surface area contributed by atoms with Gasteiger partial charge in [0.15, 0.2) is 0 Å². The fourth-order valence-corrected chi connectivity index (χ4v) is 9.81. The summed E-state index contributed by atoms with van der Waals surface area (Å²) >= 11 is 7.17. The van der Waals surface area contributed by atoms with Gasteiger partial charge >= 0.3 is 12.1 Å². The average molecular weight is 805 g/mol. The number of pyridine rings is 1. The van der Waals surface area contributed by atoms with Crippen LogP contribution in [-0.2, 0) is 35.3 Å². The summed E-state index contributed by atoms with van der Waals surface area (Å²) < 4.78 is 61.5. The molecule has 4 aliphatic rings. The maximum atomic E-state index is 14.7. The Morgan fingerprint density at radius 2 is 1.77 bits per heavy atom. The molecular weight excluding hydrogens is 761 g/mol. The van der Waals surface area contributed by atoms with Crippen LogP contribution in [0.15, 0.2) is 60.7 Å². The molecule has 1 aromatic heterocycles. The molecule has 0 radical (unpaired) electrons. The van der Waals surface area contributed by atoms with Gasteiger partial charge in [0, 0.05) is 54.4 Å². The Morgan fingerprint density at radius 3 is 2.47 bits per heavy atom. The summed E-state index contributed by atoms with van der Waals surface area (Å²) in [4.78, 5) is 29.9. The highest BCUT2D eigenvalue weighted by Gasteiger charge is 2.73. The zero-order chi connectivity index (χ0) is 40.2. The van der Waals surface area contributed by atoms with Crippen LogP contribution in [0.25, 0.3) is 22.3 Å². The van der Waals surface area contributed by atoms with E-state index in [-0.39, 0.29) is 41.8 Å². The number of aliphatic carboxylic acids is 1. The number of carboxylic acids is 1. The largest absolute Gasteiger partial charge is 0.496 e. The number of alkyl halides is 3. The number of nitrogens with zero attached hydrogens (tertiary/aromatic N) is 2. The Kier molecular flexibility index (Phi) is 10.4. The number of carbonyl (C=O) groups excluding carboxylic acids is 1.